The maximum absolute atomic E-state index is 9.76. The molecule has 0 unspecified atom stereocenters. The SMILES string of the molecule is CCCCCC[C@H]1NC[C@@H](O)[C@@H](O)[C@H]1CO. The molecule has 0 radical (unpaired) electrons. The summed E-state index contributed by atoms with van der Waals surface area (Å²) in [7, 11) is 0. The molecule has 1 aliphatic heterocycles. The Hall–Kier alpha value is -0.160. The van der Waals surface area contributed by atoms with Gasteiger partial charge in [0, 0.05) is 25.1 Å². The number of aliphatic hydroxyl groups excluding tert-OH is 3. The van der Waals surface area contributed by atoms with Crippen LogP contribution in [0.3, 0.4) is 0 Å². The lowest BCUT2D eigenvalue weighted by Crippen LogP contribution is -2.57. The van der Waals surface area contributed by atoms with Gasteiger partial charge in [0.1, 0.15) is 0 Å². The fourth-order valence-corrected chi connectivity index (χ4v) is 2.41. The summed E-state index contributed by atoms with van der Waals surface area (Å²) in [5.74, 6) is -0.231. The van der Waals surface area contributed by atoms with Crippen LogP contribution in [0.4, 0.5) is 0 Å². The molecule has 96 valence electrons. The summed E-state index contributed by atoms with van der Waals surface area (Å²) >= 11 is 0. The number of hydrogen-bond donors (Lipinski definition) is 4. The summed E-state index contributed by atoms with van der Waals surface area (Å²) in [5.41, 5.74) is 0. The first-order valence-corrected chi connectivity index (χ1v) is 6.41. The number of rotatable bonds is 6. The van der Waals surface area contributed by atoms with Crippen molar-refractivity contribution in [3.8, 4) is 0 Å². The van der Waals surface area contributed by atoms with Gasteiger partial charge in [0.15, 0.2) is 0 Å². The largest absolute Gasteiger partial charge is 0.396 e. The van der Waals surface area contributed by atoms with Gasteiger partial charge < -0.3 is 20.6 Å². The number of piperidine rings is 1. The molecule has 0 aliphatic carbocycles. The lowest BCUT2D eigenvalue weighted by Gasteiger charge is -2.38. The second kappa shape index (κ2) is 7.22. The lowest BCUT2D eigenvalue weighted by molar-refractivity contribution is -0.0679. The van der Waals surface area contributed by atoms with Gasteiger partial charge in [-0.2, -0.15) is 0 Å². The highest BCUT2D eigenvalue weighted by molar-refractivity contribution is 4.91. The van der Waals surface area contributed by atoms with Gasteiger partial charge in [-0.25, -0.2) is 0 Å². The van der Waals surface area contributed by atoms with E-state index in [-0.39, 0.29) is 18.6 Å². The zero-order valence-electron chi connectivity index (χ0n) is 10.1. The molecule has 0 bridgehead atoms. The number of unbranched alkanes of at least 4 members (excludes halogenated alkanes) is 3. The Morgan fingerprint density at radius 1 is 1.19 bits per heavy atom. The van der Waals surface area contributed by atoms with Crippen LogP contribution in [0, 0.1) is 5.92 Å². The van der Waals surface area contributed by atoms with Crippen molar-refractivity contribution in [1.29, 1.82) is 0 Å². The Labute approximate surface area is 97.7 Å². The third-order valence-electron chi connectivity index (χ3n) is 3.52. The van der Waals surface area contributed by atoms with E-state index in [9.17, 15) is 15.3 Å². The van der Waals surface area contributed by atoms with Gasteiger partial charge in [0.25, 0.3) is 0 Å². The molecule has 1 saturated heterocycles. The highest BCUT2D eigenvalue weighted by Crippen LogP contribution is 2.21. The molecule has 1 heterocycles. The standard InChI is InChI=1S/C12H25NO3/c1-2-3-4-5-6-10-9(8-14)12(16)11(15)7-13-10/h9-16H,2-8H2,1H3/t9-,10+,11+,12-/m0/s1. The fraction of sp³-hybridized carbons (Fsp3) is 1.00. The molecule has 0 saturated carbocycles. The fourth-order valence-electron chi connectivity index (χ4n) is 2.41. The van der Waals surface area contributed by atoms with Crippen molar-refractivity contribution in [3.05, 3.63) is 0 Å². The predicted octanol–water partition coefficient (Wildman–Crippen LogP) is 0.259. The van der Waals surface area contributed by atoms with Gasteiger partial charge in [-0.15, -0.1) is 0 Å². The Morgan fingerprint density at radius 3 is 2.56 bits per heavy atom. The first-order valence-electron chi connectivity index (χ1n) is 6.41. The van der Waals surface area contributed by atoms with E-state index in [1.165, 1.54) is 19.3 Å². The number of hydrogen-bond acceptors (Lipinski definition) is 4. The zero-order valence-corrected chi connectivity index (χ0v) is 10.1. The molecule has 4 atom stereocenters. The van der Waals surface area contributed by atoms with Crippen LogP contribution in [0.25, 0.3) is 0 Å². The number of β-amino-alcohol motifs (C(OH)–C–C–N with tert-alkyl or cyclic N) is 1. The highest BCUT2D eigenvalue weighted by Gasteiger charge is 2.36. The van der Waals surface area contributed by atoms with Crippen LogP contribution in [0.15, 0.2) is 0 Å². The van der Waals surface area contributed by atoms with E-state index < -0.39 is 12.2 Å². The maximum Gasteiger partial charge on any atom is 0.0927 e. The number of nitrogens with one attached hydrogen (secondary N) is 1. The summed E-state index contributed by atoms with van der Waals surface area (Å²) in [4.78, 5) is 0. The lowest BCUT2D eigenvalue weighted by atomic mass is 9.84. The smallest absolute Gasteiger partial charge is 0.0927 e. The monoisotopic (exact) mass is 231 g/mol. The average Bonchev–Trinajstić information content (AvgIpc) is 2.29. The van der Waals surface area contributed by atoms with Gasteiger partial charge in [-0.05, 0) is 6.42 Å². The molecule has 4 nitrogen and oxygen atoms in total. The van der Waals surface area contributed by atoms with Crippen molar-refractivity contribution in [2.75, 3.05) is 13.2 Å². The molecular formula is C12H25NO3. The van der Waals surface area contributed by atoms with E-state index in [0.717, 1.165) is 12.8 Å². The van der Waals surface area contributed by atoms with Crippen molar-refractivity contribution >= 4 is 0 Å². The summed E-state index contributed by atoms with van der Waals surface area (Å²) in [6.45, 7) is 2.54. The van der Waals surface area contributed by atoms with Crippen molar-refractivity contribution in [3.63, 3.8) is 0 Å². The molecule has 1 aliphatic rings. The van der Waals surface area contributed by atoms with E-state index in [2.05, 4.69) is 12.2 Å². The molecule has 4 N–H and O–H groups in total. The third-order valence-corrected chi connectivity index (χ3v) is 3.52. The van der Waals surface area contributed by atoms with E-state index in [1.54, 1.807) is 0 Å². The topological polar surface area (TPSA) is 72.7 Å². The minimum atomic E-state index is -0.789. The van der Waals surface area contributed by atoms with Crippen LogP contribution in [0.5, 0.6) is 0 Å². The van der Waals surface area contributed by atoms with Crippen molar-refractivity contribution < 1.29 is 15.3 Å². The van der Waals surface area contributed by atoms with E-state index in [4.69, 9.17) is 0 Å². The van der Waals surface area contributed by atoms with Crippen LogP contribution in [0.1, 0.15) is 39.0 Å². The molecule has 0 aromatic carbocycles. The van der Waals surface area contributed by atoms with Gasteiger partial charge >= 0.3 is 0 Å². The first kappa shape index (κ1) is 13.9. The van der Waals surface area contributed by atoms with Gasteiger partial charge in [0.05, 0.1) is 12.2 Å². The Balaban J connectivity index is 2.33. The minimum absolute atomic E-state index is 0.0658. The molecule has 0 aromatic heterocycles. The van der Waals surface area contributed by atoms with Crippen LogP contribution < -0.4 is 5.32 Å². The second-order valence-electron chi connectivity index (χ2n) is 4.77. The van der Waals surface area contributed by atoms with E-state index in [0.29, 0.717) is 6.54 Å². The van der Waals surface area contributed by atoms with Gasteiger partial charge in [0.2, 0.25) is 0 Å². The van der Waals surface area contributed by atoms with Crippen molar-refractivity contribution in [2.45, 2.75) is 57.3 Å². The van der Waals surface area contributed by atoms with Crippen molar-refractivity contribution in [2.24, 2.45) is 5.92 Å². The summed E-state index contributed by atoms with van der Waals surface area (Å²) < 4.78 is 0. The third kappa shape index (κ3) is 3.70. The maximum atomic E-state index is 9.76. The summed E-state index contributed by atoms with van der Waals surface area (Å²) in [6.07, 6.45) is 4.20. The Bertz CT molecular complexity index is 189. The zero-order chi connectivity index (χ0) is 12.0. The van der Waals surface area contributed by atoms with E-state index >= 15 is 0 Å². The molecule has 0 aromatic rings. The summed E-state index contributed by atoms with van der Waals surface area (Å²) in [6, 6.07) is 0.139. The molecule has 4 heteroatoms. The van der Waals surface area contributed by atoms with E-state index in [1.807, 2.05) is 0 Å². The summed E-state index contributed by atoms with van der Waals surface area (Å²) in [5, 5.41) is 31.7. The molecule has 0 amide bonds. The minimum Gasteiger partial charge on any atom is -0.396 e. The molecule has 16 heavy (non-hydrogen) atoms. The Kier molecular flexibility index (Phi) is 6.28. The predicted molar refractivity (Wildman–Crippen MR) is 63.1 cm³/mol. The quantitative estimate of drug-likeness (QED) is 0.495. The molecule has 1 fully saturated rings. The van der Waals surface area contributed by atoms with Crippen LogP contribution in [-0.4, -0.2) is 46.7 Å². The second-order valence-corrected chi connectivity index (χ2v) is 4.77. The van der Waals surface area contributed by atoms with Crippen LogP contribution >= 0.6 is 0 Å². The van der Waals surface area contributed by atoms with Gasteiger partial charge in [-0.3, -0.25) is 0 Å². The highest BCUT2D eigenvalue weighted by atomic mass is 16.3. The molecule has 0 spiro atoms. The molecular weight excluding hydrogens is 206 g/mol. The van der Waals surface area contributed by atoms with Crippen LogP contribution in [0.2, 0.25) is 0 Å². The number of aliphatic hydroxyl groups is 3. The first-order chi connectivity index (χ1) is 7.70. The average molecular weight is 231 g/mol. The Morgan fingerprint density at radius 2 is 1.94 bits per heavy atom. The van der Waals surface area contributed by atoms with Crippen molar-refractivity contribution in [1.82, 2.24) is 5.32 Å². The normalized spacial score (nSPS) is 35.2. The van der Waals surface area contributed by atoms with Gasteiger partial charge in [-0.1, -0.05) is 32.6 Å². The van der Waals surface area contributed by atoms with Crippen LogP contribution in [-0.2, 0) is 0 Å². The molecule has 1 rings (SSSR count).